The summed E-state index contributed by atoms with van der Waals surface area (Å²) in [6.07, 6.45) is 0.619. The van der Waals surface area contributed by atoms with E-state index >= 15 is 0 Å². The molecule has 118 valence electrons. The van der Waals surface area contributed by atoms with Gasteiger partial charge in [-0.15, -0.1) is 0 Å². The van der Waals surface area contributed by atoms with Crippen molar-refractivity contribution in [1.29, 1.82) is 0 Å². The van der Waals surface area contributed by atoms with Crippen LogP contribution in [0.4, 0.5) is 10.1 Å². The molecule has 0 saturated carbocycles. The van der Waals surface area contributed by atoms with Gasteiger partial charge in [0.05, 0.1) is 15.4 Å². The van der Waals surface area contributed by atoms with E-state index < -0.39 is 26.5 Å². The molecule has 0 aliphatic carbocycles. The first-order valence-electron chi connectivity index (χ1n) is 6.62. The van der Waals surface area contributed by atoms with E-state index in [0.717, 1.165) is 6.07 Å². The Bertz CT molecular complexity index is 659. The Balaban J connectivity index is 3.63. The van der Waals surface area contributed by atoms with E-state index in [1.807, 2.05) is 6.92 Å². The predicted octanol–water partition coefficient (Wildman–Crippen LogP) is 2.77. The summed E-state index contributed by atoms with van der Waals surface area (Å²) in [5.74, 6) is -1.02. The third-order valence-electron chi connectivity index (χ3n) is 3.23. The van der Waals surface area contributed by atoms with Gasteiger partial charge in [-0.3, -0.25) is 10.1 Å². The topological polar surface area (TPSA) is 80.5 Å². The van der Waals surface area contributed by atoms with Gasteiger partial charge in [0.1, 0.15) is 0 Å². The number of halogens is 1. The van der Waals surface area contributed by atoms with Gasteiger partial charge in [0.15, 0.2) is 0 Å². The van der Waals surface area contributed by atoms with Crippen LogP contribution in [0.5, 0.6) is 0 Å². The standard InChI is InChI=1S/C13H19FN2O4S/c1-5-7-15(6-2)21(19,20)13-9(3)8-11(14)12(10(13)4)16(17)18/h8H,5-7H2,1-4H3. The lowest BCUT2D eigenvalue weighted by molar-refractivity contribution is -0.388. The maximum atomic E-state index is 13.7. The van der Waals surface area contributed by atoms with Crippen molar-refractivity contribution in [3.63, 3.8) is 0 Å². The van der Waals surface area contributed by atoms with Gasteiger partial charge in [-0.1, -0.05) is 13.8 Å². The van der Waals surface area contributed by atoms with Crippen molar-refractivity contribution in [3.8, 4) is 0 Å². The SMILES string of the molecule is CCCN(CC)S(=O)(=O)c1c(C)cc(F)c([N+](=O)[O-])c1C. The first kappa shape index (κ1) is 17.5. The van der Waals surface area contributed by atoms with Crippen molar-refractivity contribution in [2.24, 2.45) is 0 Å². The van der Waals surface area contributed by atoms with Crippen LogP contribution in [0.15, 0.2) is 11.0 Å². The molecule has 0 aliphatic rings. The van der Waals surface area contributed by atoms with E-state index in [2.05, 4.69) is 0 Å². The number of sulfonamides is 1. The van der Waals surface area contributed by atoms with Gasteiger partial charge < -0.3 is 0 Å². The number of aryl methyl sites for hydroxylation is 1. The van der Waals surface area contributed by atoms with Gasteiger partial charge in [0.25, 0.3) is 0 Å². The quantitative estimate of drug-likeness (QED) is 0.596. The molecule has 6 nitrogen and oxygen atoms in total. The number of rotatable bonds is 6. The summed E-state index contributed by atoms with van der Waals surface area (Å²) in [7, 11) is -3.89. The van der Waals surface area contributed by atoms with E-state index in [1.165, 1.54) is 18.2 Å². The summed E-state index contributed by atoms with van der Waals surface area (Å²) in [6.45, 7) is 6.79. The first-order chi connectivity index (χ1) is 9.68. The third-order valence-corrected chi connectivity index (χ3v) is 5.49. The average molecular weight is 318 g/mol. The molecule has 0 bridgehead atoms. The van der Waals surface area contributed by atoms with Crippen LogP contribution in [-0.2, 0) is 10.0 Å². The van der Waals surface area contributed by atoms with Gasteiger partial charge >= 0.3 is 5.69 Å². The third kappa shape index (κ3) is 3.21. The van der Waals surface area contributed by atoms with E-state index in [9.17, 15) is 22.9 Å². The largest absolute Gasteiger partial charge is 0.309 e. The fourth-order valence-corrected chi connectivity index (χ4v) is 4.32. The summed E-state index contributed by atoms with van der Waals surface area (Å²) in [4.78, 5) is 9.89. The highest BCUT2D eigenvalue weighted by Crippen LogP contribution is 2.32. The van der Waals surface area contributed by atoms with Crippen molar-refractivity contribution in [3.05, 3.63) is 33.1 Å². The highest BCUT2D eigenvalue weighted by atomic mass is 32.2. The number of nitrogens with zero attached hydrogens (tertiary/aromatic N) is 2. The Morgan fingerprint density at radius 1 is 1.33 bits per heavy atom. The molecular formula is C13H19FN2O4S. The highest BCUT2D eigenvalue weighted by Gasteiger charge is 2.32. The van der Waals surface area contributed by atoms with Gasteiger partial charge in [-0.05, 0) is 31.9 Å². The summed E-state index contributed by atoms with van der Waals surface area (Å²) < 4.78 is 40.3. The Hall–Kier alpha value is -1.54. The van der Waals surface area contributed by atoms with Gasteiger partial charge in [-0.25, -0.2) is 8.42 Å². The zero-order valence-corrected chi connectivity index (χ0v) is 13.3. The molecule has 1 aromatic rings. The minimum atomic E-state index is -3.89. The van der Waals surface area contributed by atoms with Crippen molar-refractivity contribution in [2.75, 3.05) is 13.1 Å². The molecule has 0 spiro atoms. The summed E-state index contributed by atoms with van der Waals surface area (Å²) >= 11 is 0. The molecule has 0 saturated heterocycles. The summed E-state index contributed by atoms with van der Waals surface area (Å²) in [5.41, 5.74) is -0.774. The Labute approximate surface area is 123 Å². The fourth-order valence-electron chi connectivity index (χ4n) is 2.35. The molecule has 0 aromatic heterocycles. The minimum Gasteiger partial charge on any atom is -0.258 e. The number of nitro benzene ring substituents is 1. The second-order valence-corrected chi connectivity index (χ2v) is 6.61. The molecule has 0 fully saturated rings. The van der Waals surface area contributed by atoms with E-state index in [-0.39, 0.29) is 22.6 Å². The number of nitro groups is 1. The lowest BCUT2D eigenvalue weighted by Gasteiger charge is -2.22. The fraction of sp³-hybridized carbons (Fsp3) is 0.538. The molecule has 0 radical (unpaired) electrons. The van der Waals surface area contributed by atoms with Crippen molar-refractivity contribution in [1.82, 2.24) is 4.31 Å². The van der Waals surface area contributed by atoms with Crippen LogP contribution < -0.4 is 0 Å². The van der Waals surface area contributed by atoms with Gasteiger partial charge in [-0.2, -0.15) is 8.70 Å². The van der Waals surface area contributed by atoms with E-state index in [0.29, 0.717) is 13.0 Å². The molecule has 0 heterocycles. The molecular weight excluding hydrogens is 299 g/mol. The Morgan fingerprint density at radius 3 is 2.33 bits per heavy atom. The predicted molar refractivity (Wildman–Crippen MR) is 77.3 cm³/mol. The molecule has 0 aliphatic heterocycles. The summed E-state index contributed by atoms with van der Waals surface area (Å²) in [5, 5.41) is 11.0. The van der Waals surface area contributed by atoms with E-state index in [1.54, 1.807) is 6.92 Å². The van der Waals surface area contributed by atoms with Crippen LogP contribution in [0.2, 0.25) is 0 Å². The van der Waals surface area contributed by atoms with Crippen LogP contribution in [0.3, 0.4) is 0 Å². The van der Waals surface area contributed by atoms with Gasteiger partial charge in [0.2, 0.25) is 15.8 Å². The molecule has 0 amide bonds. The molecule has 1 aromatic carbocycles. The van der Waals surface area contributed by atoms with Crippen LogP contribution in [0.25, 0.3) is 0 Å². The lowest BCUT2D eigenvalue weighted by Crippen LogP contribution is -2.32. The zero-order valence-electron chi connectivity index (χ0n) is 12.5. The second kappa shape index (κ2) is 6.48. The number of hydrogen-bond donors (Lipinski definition) is 0. The number of benzene rings is 1. The normalized spacial score (nSPS) is 11.9. The highest BCUT2D eigenvalue weighted by molar-refractivity contribution is 7.89. The summed E-state index contributed by atoms with van der Waals surface area (Å²) in [6, 6.07) is 0.901. The van der Waals surface area contributed by atoms with Crippen LogP contribution in [-0.4, -0.2) is 30.7 Å². The van der Waals surface area contributed by atoms with Crippen molar-refractivity contribution in [2.45, 2.75) is 39.0 Å². The van der Waals surface area contributed by atoms with Crippen molar-refractivity contribution >= 4 is 15.7 Å². The maximum Gasteiger partial charge on any atom is 0.309 e. The monoisotopic (exact) mass is 318 g/mol. The Kier molecular flexibility index (Phi) is 5.41. The second-order valence-electron chi connectivity index (χ2n) is 4.73. The number of hydrogen-bond acceptors (Lipinski definition) is 4. The van der Waals surface area contributed by atoms with Crippen LogP contribution >= 0.6 is 0 Å². The smallest absolute Gasteiger partial charge is 0.258 e. The van der Waals surface area contributed by atoms with Crippen LogP contribution in [0.1, 0.15) is 31.4 Å². The Morgan fingerprint density at radius 2 is 1.90 bits per heavy atom. The van der Waals surface area contributed by atoms with E-state index in [4.69, 9.17) is 0 Å². The van der Waals surface area contributed by atoms with Crippen LogP contribution in [0, 0.1) is 29.8 Å². The average Bonchev–Trinajstić information content (AvgIpc) is 2.33. The first-order valence-corrected chi connectivity index (χ1v) is 8.06. The molecule has 21 heavy (non-hydrogen) atoms. The maximum absolute atomic E-state index is 13.7. The van der Waals surface area contributed by atoms with Gasteiger partial charge in [0, 0.05) is 13.1 Å². The van der Waals surface area contributed by atoms with Crippen molar-refractivity contribution < 1.29 is 17.7 Å². The minimum absolute atomic E-state index is 0.160. The molecule has 0 unspecified atom stereocenters. The lowest BCUT2D eigenvalue weighted by atomic mass is 10.1. The zero-order chi connectivity index (χ0) is 16.4. The molecule has 1 rings (SSSR count). The molecule has 0 N–H and O–H groups in total. The molecule has 8 heteroatoms. The molecule has 0 atom stereocenters.